The van der Waals surface area contributed by atoms with Crippen molar-refractivity contribution in [3.05, 3.63) is 44.7 Å². The Kier molecular flexibility index (Phi) is 5.50. The second kappa shape index (κ2) is 7.14. The summed E-state index contributed by atoms with van der Waals surface area (Å²) in [6, 6.07) is 6.80. The van der Waals surface area contributed by atoms with Gasteiger partial charge in [0.1, 0.15) is 5.03 Å². The Bertz CT molecular complexity index is 607. The third kappa shape index (κ3) is 4.26. The lowest BCUT2D eigenvalue weighted by molar-refractivity contribution is 0.0947. The van der Waals surface area contributed by atoms with Gasteiger partial charge in [-0.1, -0.05) is 0 Å². The van der Waals surface area contributed by atoms with Crippen molar-refractivity contribution in [2.75, 3.05) is 0 Å². The predicted molar refractivity (Wildman–Crippen MR) is 79.3 cm³/mol. The van der Waals surface area contributed by atoms with E-state index in [1.54, 1.807) is 6.07 Å². The maximum Gasteiger partial charge on any atom is 0.290 e. The van der Waals surface area contributed by atoms with Gasteiger partial charge in [-0.25, -0.2) is 4.98 Å². The molecule has 3 nitrogen and oxygen atoms in total. The minimum Gasteiger partial charge on any atom is -0.347 e. The van der Waals surface area contributed by atoms with Crippen LogP contribution in [0.1, 0.15) is 15.2 Å². The largest absolute Gasteiger partial charge is 0.347 e. The highest BCUT2D eigenvalue weighted by molar-refractivity contribution is 9.11. The molecular formula is C12H9BrF2N2OS2. The number of rotatable bonds is 5. The number of aromatic nitrogens is 1. The Hall–Kier alpha value is -0.990. The minimum absolute atomic E-state index is 0.0346. The third-order valence-electron chi connectivity index (χ3n) is 2.27. The maximum atomic E-state index is 12.4. The van der Waals surface area contributed by atoms with Gasteiger partial charge in [0.15, 0.2) is 0 Å². The van der Waals surface area contributed by atoms with Gasteiger partial charge in [0.05, 0.1) is 15.9 Å². The van der Waals surface area contributed by atoms with Crippen LogP contribution in [0, 0.1) is 0 Å². The van der Waals surface area contributed by atoms with Crippen molar-refractivity contribution in [2.45, 2.75) is 17.3 Å². The van der Waals surface area contributed by atoms with E-state index in [1.165, 1.54) is 23.6 Å². The summed E-state index contributed by atoms with van der Waals surface area (Å²) in [5.74, 6) is -3.02. The molecule has 0 aromatic carbocycles. The fourth-order valence-electron chi connectivity index (χ4n) is 1.45. The molecule has 0 saturated heterocycles. The van der Waals surface area contributed by atoms with Crippen LogP contribution in [0.2, 0.25) is 0 Å². The van der Waals surface area contributed by atoms with Crippen molar-refractivity contribution in [3.63, 3.8) is 0 Å². The Morgan fingerprint density at radius 2 is 2.25 bits per heavy atom. The first-order valence-electron chi connectivity index (χ1n) is 5.48. The van der Waals surface area contributed by atoms with Gasteiger partial charge in [-0.05, 0) is 52.0 Å². The van der Waals surface area contributed by atoms with Gasteiger partial charge < -0.3 is 5.32 Å². The number of pyridine rings is 1. The number of carbonyl (C=O) groups excluding carboxylic acids is 1. The summed E-state index contributed by atoms with van der Waals surface area (Å²) < 4.78 is 25.8. The smallest absolute Gasteiger partial charge is 0.290 e. The van der Waals surface area contributed by atoms with Gasteiger partial charge in [0.2, 0.25) is 0 Å². The standard InChI is InChI=1S/C12H9BrF2N2OS2/c13-9-4-3-7(19-9)6-17-10(18)8-2-1-5-16-11(8)20-12(14)15/h1-5,12H,6H2,(H,17,18). The minimum atomic E-state index is -2.61. The number of halogens is 3. The zero-order valence-electron chi connectivity index (χ0n) is 9.98. The number of nitrogens with one attached hydrogen (secondary N) is 1. The number of amides is 1. The first kappa shape index (κ1) is 15.4. The molecule has 8 heteroatoms. The maximum absolute atomic E-state index is 12.4. The summed E-state index contributed by atoms with van der Waals surface area (Å²) in [5, 5.41) is 2.73. The van der Waals surface area contributed by atoms with Crippen LogP contribution >= 0.6 is 39.0 Å². The Labute approximate surface area is 130 Å². The number of carbonyl (C=O) groups is 1. The molecular weight excluding hydrogens is 370 g/mol. The monoisotopic (exact) mass is 378 g/mol. The quantitative estimate of drug-likeness (QED) is 0.794. The Morgan fingerprint density at radius 3 is 2.90 bits per heavy atom. The number of thiophene rings is 1. The number of hydrogen-bond donors (Lipinski definition) is 1. The fraction of sp³-hybridized carbons (Fsp3) is 0.167. The molecule has 2 heterocycles. The molecule has 2 aromatic heterocycles. The van der Waals surface area contributed by atoms with Crippen LogP contribution in [-0.4, -0.2) is 16.6 Å². The van der Waals surface area contributed by atoms with E-state index in [0.717, 1.165) is 8.66 Å². The van der Waals surface area contributed by atoms with Crippen LogP contribution in [0.3, 0.4) is 0 Å². The lowest BCUT2D eigenvalue weighted by Crippen LogP contribution is -2.23. The molecule has 0 spiro atoms. The topological polar surface area (TPSA) is 42.0 Å². The lowest BCUT2D eigenvalue weighted by Gasteiger charge is -2.07. The third-order valence-corrected chi connectivity index (χ3v) is 4.62. The van der Waals surface area contributed by atoms with E-state index in [0.29, 0.717) is 6.54 Å². The molecule has 0 aliphatic rings. The van der Waals surface area contributed by atoms with E-state index in [2.05, 4.69) is 26.2 Å². The average molecular weight is 379 g/mol. The SMILES string of the molecule is O=C(NCc1ccc(Br)s1)c1cccnc1SC(F)F. The molecule has 0 saturated carbocycles. The molecule has 1 amide bonds. The normalized spacial score (nSPS) is 10.8. The first-order valence-corrected chi connectivity index (χ1v) is 7.97. The predicted octanol–water partition coefficient (Wildman–Crippen LogP) is 4.15. The molecule has 2 aromatic rings. The summed E-state index contributed by atoms with van der Waals surface area (Å²) in [5.41, 5.74) is 0.161. The number of alkyl halides is 2. The molecule has 0 fully saturated rings. The molecule has 0 aliphatic carbocycles. The summed E-state index contributed by atoms with van der Waals surface area (Å²) in [6.45, 7) is 0.350. The summed E-state index contributed by atoms with van der Waals surface area (Å²) >= 11 is 5.10. The van der Waals surface area contributed by atoms with Crippen molar-refractivity contribution in [2.24, 2.45) is 0 Å². The molecule has 2 rings (SSSR count). The Morgan fingerprint density at radius 1 is 1.45 bits per heavy atom. The molecule has 0 bridgehead atoms. The van der Waals surface area contributed by atoms with E-state index >= 15 is 0 Å². The van der Waals surface area contributed by atoms with Gasteiger partial charge in [0, 0.05) is 11.1 Å². The van der Waals surface area contributed by atoms with Gasteiger partial charge in [-0.15, -0.1) is 11.3 Å². The van der Waals surface area contributed by atoms with Gasteiger partial charge in [-0.2, -0.15) is 8.78 Å². The average Bonchev–Trinajstić information content (AvgIpc) is 2.82. The summed E-state index contributed by atoms with van der Waals surface area (Å²) in [4.78, 5) is 16.8. The van der Waals surface area contributed by atoms with Gasteiger partial charge in [0.25, 0.3) is 11.7 Å². The molecule has 106 valence electrons. The molecule has 20 heavy (non-hydrogen) atoms. The first-order chi connectivity index (χ1) is 9.56. The fourth-order valence-corrected chi connectivity index (χ4v) is 3.45. The molecule has 0 radical (unpaired) electrons. The Balaban J connectivity index is 2.05. The zero-order valence-corrected chi connectivity index (χ0v) is 13.2. The highest BCUT2D eigenvalue weighted by Gasteiger charge is 2.16. The highest BCUT2D eigenvalue weighted by Crippen LogP contribution is 2.26. The molecule has 0 unspecified atom stereocenters. The van der Waals surface area contributed by atoms with Crippen LogP contribution < -0.4 is 5.32 Å². The van der Waals surface area contributed by atoms with Gasteiger partial charge >= 0.3 is 0 Å². The van der Waals surface area contributed by atoms with Crippen LogP contribution in [0.25, 0.3) is 0 Å². The molecule has 0 atom stereocenters. The van der Waals surface area contributed by atoms with Crippen LogP contribution in [0.4, 0.5) is 8.78 Å². The molecule has 1 N–H and O–H groups in total. The van der Waals surface area contributed by atoms with Crippen LogP contribution in [-0.2, 0) is 6.54 Å². The summed E-state index contributed by atoms with van der Waals surface area (Å²) in [6.07, 6.45) is 1.39. The number of hydrogen-bond acceptors (Lipinski definition) is 4. The van der Waals surface area contributed by atoms with Crippen molar-refractivity contribution >= 4 is 44.9 Å². The zero-order chi connectivity index (χ0) is 14.5. The lowest BCUT2D eigenvalue weighted by atomic mass is 10.2. The van der Waals surface area contributed by atoms with Crippen molar-refractivity contribution in [3.8, 4) is 0 Å². The van der Waals surface area contributed by atoms with Crippen molar-refractivity contribution in [1.29, 1.82) is 0 Å². The van der Waals surface area contributed by atoms with E-state index in [-0.39, 0.29) is 22.4 Å². The number of thioether (sulfide) groups is 1. The van der Waals surface area contributed by atoms with Crippen molar-refractivity contribution in [1.82, 2.24) is 10.3 Å². The van der Waals surface area contributed by atoms with E-state index < -0.39 is 11.7 Å². The second-order valence-corrected chi connectivity index (χ2v) is 7.15. The number of nitrogens with zero attached hydrogens (tertiary/aromatic N) is 1. The van der Waals surface area contributed by atoms with E-state index in [9.17, 15) is 13.6 Å². The van der Waals surface area contributed by atoms with Crippen molar-refractivity contribution < 1.29 is 13.6 Å². The highest BCUT2D eigenvalue weighted by atomic mass is 79.9. The van der Waals surface area contributed by atoms with E-state index in [4.69, 9.17) is 0 Å². The van der Waals surface area contributed by atoms with Gasteiger partial charge in [-0.3, -0.25) is 4.79 Å². The van der Waals surface area contributed by atoms with Crippen LogP contribution in [0.5, 0.6) is 0 Å². The summed E-state index contributed by atoms with van der Waals surface area (Å²) in [7, 11) is 0. The van der Waals surface area contributed by atoms with Crippen LogP contribution in [0.15, 0.2) is 39.3 Å². The second-order valence-electron chi connectivity index (χ2n) is 3.62. The van der Waals surface area contributed by atoms with E-state index in [1.807, 2.05) is 12.1 Å². The molecule has 0 aliphatic heterocycles.